The Labute approximate surface area is 116 Å². The van der Waals surface area contributed by atoms with Gasteiger partial charge in [0.25, 0.3) is 0 Å². The van der Waals surface area contributed by atoms with Gasteiger partial charge in [-0.1, -0.05) is 13.8 Å². The maximum atomic E-state index is 10.1. The van der Waals surface area contributed by atoms with Gasteiger partial charge >= 0.3 is 0 Å². The third-order valence-corrected chi connectivity index (χ3v) is 4.30. The second kappa shape index (κ2) is 6.69. The van der Waals surface area contributed by atoms with E-state index in [0.29, 0.717) is 30.5 Å². The number of hydrogen-bond donors (Lipinski definition) is 2. The van der Waals surface area contributed by atoms with Gasteiger partial charge in [-0.2, -0.15) is 5.26 Å². The summed E-state index contributed by atoms with van der Waals surface area (Å²) >= 11 is 0. The van der Waals surface area contributed by atoms with Crippen molar-refractivity contribution in [2.24, 2.45) is 11.8 Å². The minimum atomic E-state index is -0.214. The third kappa shape index (κ3) is 4.76. The van der Waals surface area contributed by atoms with Crippen molar-refractivity contribution in [1.29, 1.82) is 5.26 Å². The van der Waals surface area contributed by atoms with Crippen molar-refractivity contribution in [1.82, 2.24) is 10.2 Å². The van der Waals surface area contributed by atoms with Crippen molar-refractivity contribution in [3.63, 3.8) is 0 Å². The molecule has 2 N–H and O–H groups in total. The minimum absolute atomic E-state index is 0.214. The zero-order chi connectivity index (χ0) is 13.8. The molecule has 2 fully saturated rings. The molecule has 1 aliphatic heterocycles. The number of rotatable bonds is 6. The highest BCUT2D eigenvalue weighted by Gasteiger charge is 2.32. The van der Waals surface area contributed by atoms with Crippen LogP contribution >= 0.6 is 0 Å². The van der Waals surface area contributed by atoms with Crippen molar-refractivity contribution < 1.29 is 5.11 Å². The van der Waals surface area contributed by atoms with E-state index in [4.69, 9.17) is 5.26 Å². The number of nitrogens with one attached hydrogen (secondary N) is 1. The van der Waals surface area contributed by atoms with E-state index in [2.05, 4.69) is 30.1 Å². The van der Waals surface area contributed by atoms with Crippen LogP contribution in [-0.2, 0) is 0 Å². The van der Waals surface area contributed by atoms with Gasteiger partial charge in [0, 0.05) is 25.2 Å². The SMILES string of the molecule is CC(C)C(O)CC1CC(NC2CC2)CN(CC#N)C1. The average molecular weight is 265 g/mol. The lowest BCUT2D eigenvalue weighted by Crippen LogP contribution is -2.50. The first-order valence-electron chi connectivity index (χ1n) is 7.62. The van der Waals surface area contributed by atoms with E-state index in [1.54, 1.807) is 0 Å². The van der Waals surface area contributed by atoms with Crippen molar-refractivity contribution in [3.8, 4) is 6.07 Å². The first kappa shape index (κ1) is 14.8. The first-order valence-corrected chi connectivity index (χ1v) is 7.62. The highest BCUT2D eigenvalue weighted by atomic mass is 16.3. The molecule has 2 aliphatic rings. The molecule has 19 heavy (non-hydrogen) atoms. The summed E-state index contributed by atoms with van der Waals surface area (Å²) in [5.41, 5.74) is 0. The summed E-state index contributed by atoms with van der Waals surface area (Å²) in [6, 6.07) is 3.47. The van der Waals surface area contributed by atoms with E-state index >= 15 is 0 Å². The molecule has 1 heterocycles. The van der Waals surface area contributed by atoms with Crippen LogP contribution in [0, 0.1) is 23.2 Å². The predicted octanol–water partition coefficient (Wildman–Crippen LogP) is 1.36. The number of aliphatic hydroxyl groups is 1. The zero-order valence-electron chi connectivity index (χ0n) is 12.2. The number of likely N-dealkylation sites (tertiary alicyclic amines) is 1. The van der Waals surface area contributed by atoms with E-state index in [-0.39, 0.29) is 6.10 Å². The molecular weight excluding hydrogens is 238 g/mol. The van der Waals surface area contributed by atoms with Crippen LogP contribution in [0.3, 0.4) is 0 Å². The molecule has 4 heteroatoms. The lowest BCUT2D eigenvalue weighted by Gasteiger charge is -2.38. The number of piperidine rings is 1. The molecule has 0 aromatic carbocycles. The largest absolute Gasteiger partial charge is 0.393 e. The Balaban J connectivity index is 1.87. The smallest absolute Gasteiger partial charge is 0.0866 e. The molecule has 0 bridgehead atoms. The third-order valence-electron chi connectivity index (χ3n) is 4.30. The predicted molar refractivity (Wildman–Crippen MR) is 75.6 cm³/mol. The second-order valence-corrected chi connectivity index (χ2v) is 6.64. The molecule has 0 radical (unpaired) electrons. The van der Waals surface area contributed by atoms with E-state index < -0.39 is 0 Å². The average Bonchev–Trinajstić information content (AvgIpc) is 3.12. The van der Waals surface area contributed by atoms with Crippen molar-refractivity contribution >= 4 is 0 Å². The minimum Gasteiger partial charge on any atom is -0.393 e. The molecule has 3 atom stereocenters. The fourth-order valence-corrected chi connectivity index (χ4v) is 3.02. The summed E-state index contributed by atoms with van der Waals surface area (Å²) in [6.07, 6.45) is 4.39. The van der Waals surface area contributed by atoms with Gasteiger partial charge in [0.2, 0.25) is 0 Å². The van der Waals surface area contributed by atoms with Gasteiger partial charge in [0.15, 0.2) is 0 Å². The summed E-state index contributed by atoms with van der Waals surface area (Å²) in [4.78, 5) is 2.24. The number of aliphatic hydroxyl groups excluding tert-OH is 1. The lowest BCUT2D eigenvalue weighted by atomic mass is 9.86. The molecule has 4 nitrogen and oxygen atoms in total. The molecular formula is C15H27N3O. The van der Waals surface area contributed by atoms with Gasteiger partial charge in [-0.05, 0) is 37.5 Å². The molecule has 0 amide bonds. The van der Waals surface area contributed by atoms with Crippen molar-refractivity contribution in [2.75, 3.05) is 19.6 Å². The first-order chi connectivity index (χ1) is 9.08. The second-order valence-electron chi connectivity index (χ2n) is 6.64. The van der Waals surface area contributed by atoms with E-state index in [1.165, 1.54) is 12.8 Å². The summed E-state index contributed by atoms with van der Waals surface area (Å²) in [6.45, 7) is 6.59. The topological polar surface area (TPSA) is 59.3 Å². The quantitative estimate of drug-likeness (QED) is 0.712. The van der Waals surface area contributed by atoms with Crippen LogP contribution in [0.1, 0.15) is 39.5 Å². The molecule has 0 aromatic heterocycles. The maximum absolute atomic E-state index is 10.1. The normalized spacial score (nSPS) is 30.3. The van der Waals surface area contributed by atoms with Gasteiger partial charge in [0.05, 0.1) is 18.7 Å². The summed E-state index contributed by atoms with van der Waals surface area (Å²) in [5.74, 6) is 0.830. The van der Waals surface area contributed by atoms with E-state index in [9.17, 15) is 5.11 Å². The number of nitriles is 1. The Bertz CT molecular complexity index is 322. The Morgan fingerprint density at radius 1 is 1.32 bits per heavy atom. The van der Waals surface area contributed by atoms with E-state index in [0.717, 1.165) is 25.9 Å². The van der Waals surface area contributed by atoms with Gasteiger partial charge in [0.1, 0.15) is 0 Å². The molecule has 3 unspecified atom stereocenters. The molecule has 108 valence electrons. The lowest BCUT2D eigenvalue weighted by molar-refractivity contribution is 0.0651. The van der Waals surface area contributed by atoms with Crippen LogP contribution in [0.2, 0.25) is 0 Å². The monoisotopic (exact) mass is 265 g/mol. The number of nitrogens with zero attached hydrogens (tertiary/aromatic N) is 2. The van der Waals surface area contributed by atoms with Crippen LogP contribution in [0.15, 0.2) is 0 Å². The molecule has 0 spiro atoms. The molecule has 0 aromatic rings. The fourth-order valence-electron chi connectivity index (χ4n) is 3.02. The molecule has 1 aliphatic carbocycles. The van der Waals surface area contributed by atoms with Crippen molar-refractivity contribution in [2.45, 2.75) is 57.7 Å². The summed E-state index contributed by atoms with van der Waals surface area (Å²) in [7, 11) is 0. The van der Waals surface area contributed by atoms with Gasteiger partial charge in [-0.15, -0.1) is 0 Å². The van der Waals surface area contributed by atoms with Gasteiger partial charge in [-0.3, -0.25) is 4.90 Å². The van der Waals surface area contributed by atoms with Crippen LogP contribution in [0.25, 0.3) is 0 Å². The highest BCUT2D eigenvalue weighted by molar-refractivity contribution is 4.92. The molecule has 1 saturated carbocycles. The van der Waals surface area contributed by atoms with Crippen LogP contribution < -0.4 is 5.32 Å². The van der Waals surface area contributed by atoms with Gasteiger partial charge < -0.3 is 10.4 Å². The fraction of sp³-hybridized carbons (Fsp3) is 0.933. The Morgan fingerprint density at radius 2 is 2.05 bits per heavy atom. The molecule has 1 saturated heterocycles. The maximum Gasteiger partial charge on any atom is 0.0866 e. The van der Waals surface area contributed by atoms with Crippen LogP contribution in [0.4, 0.5) is 0 Å². The van der Waals surface area contributed by atoms with Gasteiger partial charge in [-0.25, -0.2) is 0 Å². The Morgan fingerprint density at radius 3 is 2.63 bits per heavy atom. The highest BCUT2D eigenvalue weighted by Crippen LogP contribution is 2.26. The van der Waals surface area contributed by atoms with Crippen LogP contribution in [0.5, 0.6) is 0 Å². The number of hydrogen-bond acceptors (Lipinski definition) is 4. The van der Waals surface area contributed by atoms with Crippen LogP contribution in [-0.4, -0.2) is 47.8 Å². The standard InChI is InChI=1S/C15H27N3O/c1-11(2)15(19)8-12-7-14(17-13-3-4-13)10-18(9-12)6-5-16/h11-15,17,19H,3-4,6-10H2,1-2H3. The van der Waals surface area contributed by atoms with E-state index in [1.807, 2.05) is 0 Å². The summed E-state index contributed by atoms with van der Waals surface area (Å²) in [5, 5.41) is 22.6. The Hall–Kier alpha value is -0.630. The Kier molecular flexibility index (Phi) is 5.20. The molecule has 2 rings (SSSR count). The summed E-state index contributed by atoms with van der Waals surface area (Å²) < 4.78 is 0. The zero-order valence-corrected chi connectivity index (χ0v) is 12.2. The van der Waals surface area contributed by atoms with Crippen molar-refractivity contribution in [3.05, 3.63) is 0 Å².